The third kappa shape index (κ3) is 0.556. The molecule has 0 aromatic rings. The minimum atomic E-state index is -2.39. The zero-order valence-electron chi connectivity index (χ0n) is 5.08. The van der Waals surface area contributed by atoms with Crippen molar-refractivity contribution < 1.29 is 8.78 Å². The summed E-state index contributed by atoms with van der Waals surface area (Å²) in [4.78, 5) is 0. The standard InChI is InChI=1S/C6H9F2N/c7-6(8)4-5(6)2-1-3-9-5/h9H,1-4H2. The van der Waals surface area contributed by atoms with E-state index < -0.39 is 11.5 Å². The van der Waals surface area contributed by atoms with Gasteiger partial charge in [0, 0.05) is 6.42 Å². The molecule has 1 unspecified atom stereocenters. The number of halogens is 2. The summed E-state index contributed by atoms with van der Waals surface area (Å²) in [6, 6.07) is 0. The van der Waals surface area contributed by atoms with Gasteiger partial charge in [0.25, 0.3) is 5.92 Å². The Bertz CT molecular complexity index is 132. The second kappa shape index (κ2) is 1.29. The van der Waals surface area contributed by atoms with E-state index in [-0.39, 0.29) is 6.42 Å². The molecule has 52 valence electrons. The second-order valence-corrected chi connectivity index (χ2v) is 2.99. The number of rotatable bonds is 0. The quantitative estimate of drug-likeness (QED) is 0.522. The molecule has 9 heavy (non-hydrogen) atoms. The van der Waals surface area contributed by atoms with Crippen LogP contribution in [0.3, 0.4) is 0 Å². The largest absolute Gasteiger partial charge is 0.306 e. The van der Waals surface area contributed by atoms with E-state index in [4.69, 9.17) is 0 Å². The van der Waals surface area contributed by atoms with Gasteiger partial charge in [0.15, 0.2) is 0 Å². The monoisotopic (exact) mass is 133 g/mol. The van der Waals surface area contributed by atoms with E-state index in [2.05, 4.69) is 5.32 Å². The molecule has 1 aliphatic heterocycles. The predicted octanol–water partition coefficient (Wildman–Crippen LogP) is 1.15. The number of alkyl halides is 2. The lowest BCUT2D eigenvalue weighted by atomic mass is 10.2. The van der Waals surface area contributed by atoms with Crippen molar-refractivity contribution in [3.63, 3.8) is 0 Å². The maximum Gasteiger partial charge on any atom is 0.268 e. The van der Waals surface area contributed by atoms with Crippen LogP contribution in [0.5, 0.6) is 0 Å². The van der Waals surface area contributed by atoms with Gasteiger partial charge in [-0.3, -0.25) is 0 Å². The van der Waals surface area contributed by atoms with Crippen LogP contribution in [-0.2, 0) is 0 Å². The first-order chi connectivity index (χ1) is 4.16. The van der Waals surface area contributed by atoms with E-state index in [1.165, 1.54) is 0 Å². The van der Waals surface area contributed by atoms with E-state index in [0.717, 1.165) is 13.0 Å². The highest BCUT2D eigenvalue weighted by molar-refractivity contribution is 5.19. The molecular weight excluding hydrogens is 124 g/mol. The summed E-state index contributed by atoms with van der Waals surface area (Å²) in [6.07, 6.45) is 1.65. The highest BCUT2D eigenvalue weighted by Gasteiger charge is 2.71. The molecule has 1 nitrogen and oxygen atoms in total. The average Bonchev–Trinajstić information content (AvgIpc) is 2.27. The van der Waals surface area contributed by atoms with Crippen LogP contribution in [0, 0.1) is 0 Å². The summed E-state index contributed by atoms with van der Waals surface area (Å²) in [5.41, 5.74) is -0.743. The molecule has 1 heterocycles. The molecular formula is C6H9F2N. The first-order valence-electron chi connectivity index (χ1n) is 3.29. The van der Waals surface area contributed by atoms with Gasteiger partial charge in [0.2, 0.25) is 0 Å². The Morgan fingerprint density at radius 3 is 2.22 bits per heavy atom. The molecule has 0 aromatic heterocycles. The lowest BCUT2D eigenvalue weighted by molar-refractivity contribution is 0.0842. The molecule has 0 amide bonds. The predicted molar refractivity (Wildman–Crippen MR) is 29.5 cm³/mol. The maximum atomic E-state index is 12.4. The smallest absolute Gasteiger partial charge is 0.268 e. The summed E-state index contributed by atoms with van der Waals surface area (Å²) in [5, 5.41) is 2.85. The fourth-order valence-corrected chi connectivity index (χ4v) is 1.60. The van der Waals surface area contributed by atoms with Crippen LogP contribution in [0.4, 0.5) is 8.78 Å². The molecule has 1 atom stereocenters. The number of nitrogens with one attached hydrogen (secondary N) is 1. The van der Waals surface area contributed by atoms with E-state index in [0.29, 0.717) is 6.42 Å². The van der Waals surface area contributed by atoms with Gasteiger partial charge in [-0.15, -0.1) is 0 Å². The van der Waals surface area contributed by atoms with Crippen LogP contribution < -0.4 is 5.32 Å². The summed E-state index contributed by atoms with van der Waals surface area (Å²) in [5.74, 6) is -2.39. The minimum absolute atomic E-state index is 0.0694. The molecule has 0 bridgehead atoms. The lowest BCUT2D eigenvalue weighted by Gasteiger charge is -2.05. The normalized spacial score (nSPS) is 46.0. The van der Waals surface area contributed by atoms with E-state index in [1.807, 2.05) is 0 Å². The Kier molecular flexibility index (Phi) is 0.799. The molecule has 2 aliphatic rings. The van der Waals surface area contributed by atoms with Crippen LogP contribution in [-0.4, -0.2) is 18.0 Å². The van der Waals surface area contributed by atoms with E-state index >= 15 is 0 Å². The Hall–Kier alpha value is -0.180. The van der Waals surface area contributed by atoms with Gasteiger partial charge in [-0.1, -0.05) is 0 Å². The van der Waals surface area contributed by atoms with Crippen LogP contribution in [0.15, 0.2) is 0 Å². The summed E-state index contributed by atoms with van der Waals surface area (Å²) in [7, 11) is 0. The van der Waals surface area contributed by atoms with Crippen molar-refractivity contribution in [1.29, 1.82) is 0 Å². The van der Waals surface area contributed by atoms with Gasteiger partial charge < -0.3 is 5.32 Å². The lowest BCUT2D eigenvalue weighted by Crippen LogP contribution is -2.29. The van der Waals surface area contributed by atoms with Crippen molar-refractivity contribution in [2.24, 2.45) is 0 Å². The number of hydrogen-bond acceptors (Lipinski definition) is 1. The SMILES string of the molecule is FC1(F)CC12CCCN2. The van der Waals surface area contributed by atoms with Gasteiger partial charge in [-0.25, -0.2) is 8.78 Å². The Balaban J connectivity index is 2.13. The average molecular weight is 133 g/mol. The second-order valence-electron chi connectivity index (χ2n) is 2.99. The van der Waals surface area contributed by atoms with Crippen molar-refractivity contribution in [1.82, 2.24) is 5.32 Å². The van der Waals surface area contributed by atoms with Crippen LogP contribution in [0.2, 0.25) is 0 Å². The Morgan fingerprint density at radius 1 is 1.33 bits per heavy atom. The maximum absolute atomic E-state index is 12.4. The molecule has 1 saturated carbocycles. The van der Waals surface area contributed by atoms with Crippen molar-refractivity contribution in [2.45, 2.75) is 30.7 Å². The van der Waals surface area contributed by atoms with Crippen LogP contribution in [0.1, 0.15) is 19.3 Å². The molecule has 0 aromatic carbocycles. The zero-order valence-corrected chi connectivity index (χ0v) is 5.08. The first-order valence-corrected chi connectivity index (χ1v) is 3.29. The van der Waals surface area contributed by atoms with Crippen molar-refractivity contribution in [3.05, 3.63) is 0 Å². The topological polar surface area (TPSA) is 12.0 Å². The van der Waals surface area contributed by atoms with Crippen molar-refractivity contribution >= 4 is 0 Å². The Morgan fingerprint density at radius 2 is 2.00 bits per heavy atom. The first kappa shape index (κ1) is 5.59. The fraction of sp³-hybridized carbons (Fsp3) is 1.00. The molecule has 2 fully saturated rings. The highest BCUT2D eigenvalue weighted by atomic mass is 19.3. The van der Waals surface area contributed by atoms with Gasteiger partial charge >= 0.3 is 0 Å². The summed E-state index contributed by atoms with van der Waals surface area (Å²) >= 11 is 0. The number of hydrogen-bond donors (Lipinski definition) is 1. The fourth-order valence-electron chi connectivity index (χ4n) is 1.60. The van der Waals surface area contributed by atoms with Gasteiger partial charge in [-0.2, -0.15) is 0 Å². The Labute approximate surface area is 52.4 Å². The molecule has 1 saturated heterocycles. The third-order valence-electron chi connectivity index (χ3n) is 2.34. The molecule has 1 spiro atoms. The third-order valence-corrected chi connectivity index (χ3v) is 2.34. The zero-order chi connectivity index (χ0) is 6.54. The van der Waals surface area contributed by atoms with Crippen LogP contribution >= 0.6 is 0 Å². The van der Waals surface area contributed by atoms with Crippen molar-refractivity contribution in [3.8, 4) is 0 Å². The van der Waals surface area contributed by atoms with E-state index in [1.54, 1.807) is 0 Å². The van der Waals surface area contributed by atoms with Crippen LogP contribution in [0.25, 0.3) is 0 Å². The summed E-state index contributed by atoms with van der Waals surface area (Å²) in [6.45, 7) is 0.773. The van der Waals surface area contributed by atoms with Gasteiger partial charge in [0.05, 0.1) is 5.54 Å². The minimum Gasteiger partial charge on any atom is -0.306 e. The highest BCUT2D eigenvalue weighted by Crippen LogP contribution is 2.56. The molecule has 1 N–H and O–H groups in total. The van der Waals surface area contributed by atoms with Gasteiger partial charge in [0.1, 0.15) is 0 Å². The molecule has 1 aliphatic carbocycles. The molecule has 0 radical (unpaired) electrons. The van der Waals surface area contributed by atoms with E-state index in [9.17, 15) is 8.78 Å². The molecule has 2 rings (SSSR count). The van der Waals surface area contributed by atoms with Crippen molar-refractivity contribution in [2.75, 3.05) is 6.54 Å². The molecule has 3 heteroatoms. The summed E-state index contributed by atoms with van der Waals surface area (Å²) < 4.78 is 24.9. The van der Waals surface area contributed by atoms with Gasteiger partial charge in [-0.05, 0) is 19.4 Å².